The van der Waals surface area contributed by atoms with Crippen molar-refractivity contribution in [1.29, 1.82) is 0 Å². The number of ether oxygens (including phenoxy) is 2. The van der Waals surface area contributed by atoms with Crippen LogP contribution < -0.4 is 21.4 Å². The van der Waals surface area contributed by atoms with Crippen LogP contribution >= 0.6 is 15.9 Å². The van der Waals surface area contributed by atoms with E-state index in [0.29, 0.717) is 21.1 Å². The predicted molar refractivity (Wildman–Crippen MR) is 115 cm³/mol. The van der Waals surface area contributed by atoms with Gasteiger partial charge in [0, 0.05) is 15.7 Å². The van der Waals surface area contributed by atoms with Gasteiger partial charge in [-0.05, 0) is 37.3 Å². The molecule has 0 aliphatic carbocycles. The maximum atomic E-state index is 13.6. The van der Waals surface area contributed by atoms with Gasteiger partial charge in [-0.3, -0.25) is 4.79 Å². The maximum absolute atomic E-state index is 13.6. The van der Waals surface area contributed by atoms with Gasteiger partial charge >= 0.3 is 11.6 Å². The van der Waals surface area contributed by atoms with Crippen LogP contribution in [-0.4, -0.2) is 18.5 Å². The summed E-state index contributed by atoms with van der Waals surface area (Å²) in [5.41, 5.74) is 4.17. The number of nitrogens with one attached hydrogen (secondary N) is 1. The molecule has 8 nitrogen and oxygen atoms in total. The van der Waals surface area contributed by atoms with Crippen LogP contribution in [0.3, 0.4) is 0 Å². The summed E-state index contributed by atoms with van der Waals surface area (Å²) < 4.78 is 17.1. The van der Waals surface area contributed by atoms with E-state index in [1.807, 2.05) is 0 Å². The lowest BCUT2D eigenvalue weighted by molar-refractivity contribution is -0.140. The van der Waals surface area contributed by atoms with Gasteiger partial charge in [0.2, 0.25) is 11.8 Å². The molecule has 0 saturated heterocycles. The number of halogens is 1. The fourth-order valence-electron chi connectivity index (χ4n) is 4.25. The Labute approximate surface area is 183 Å². The zero-order valence-corrected chi connectivity index (χ0v) is 17.7. The number of carbonyl (C=O) groups is 2. The lowest BCUT2D eigenvalue weighted by Crippen LogP contribution is -2.48. The Morgan fingerprint density at radius 1 is 1.23 bits per heavy atom. The van der Waals surface area contributed by atoms with Crippen molar-refractivity contribution < 1.29 is 23.5 Å². The van der Waals surface area contributed by atoms with E-state index < -0.39 is 22.9 Å². The van der Waals surface area contributed by atoms with Crippen molar-refractivity contribution in [1.82, 2.24) is 0 Å². The molecule has 3 aromatic rings. The number of hydrogen-bond donors (Lipinski definition) is 2. The first-order chi connectivity index (χ1) is 14.9. The minimum absolute atomic E-state index is 0.0395. The van der Waals surface area contributed by atoms with E-state index >= 15 is 0 Å². The highest BCUT2D eigenvalue weighted by Gasteiger charge is 2.61. The monoisotopic (exact) mass is 482 g/mol. The molecule has 1 spiro atoms. The van der Waals surface area contributed by atoms with E-state index in [2.05, 4.69) is 21.2 Å². The molecule has 0 saturated carbocycles. The highest BCUT2D eigenvalue weighted by atomic mass is 79.9. The number of benzene rings is 2. The number of para-hydroxylation sites is 1. The van der Waals surface area contributed by atoms with E-state index in [9.17, 15) is 14.4 Å². The van der Waals surface area contributed by atoms with Gasteiger partial charge in [0.1, 0.15) is 22.1 Å². The first kappa shape index (κ1) is 19.4. The molecule has 1 atom stereocenters. The van der Waals surface area contributed by atoms with Crippen molar-refractivity contribution in [3.05, 3.63) is 79.9 Å². The molecule has 0 fully saturated rings. The zero-order valence-electron chi connectivity index (χ0n) is 16.2. The van der Waals surface area contributed by atoms with Crippen molar-refractivity contribution in [2.24, 2.45) is 5.73 Å². The van der Waals surface area contributed by atoms with E-state index in [1.165, 1.54) is 0 Å². The number of rotatable bonds is 2. The standard InChI is InChI=1S/C22H15BrN2O6/c1-2-29-19(26)16-18(24)31-17-11-5-3-4-6-14(11)30-20(27)15(17)22(16)12-9-10(23)7-8-13(12)25-21(22)28/h3-9H,2,24H2,1H3,(H,25,28)/t22-/m1/s1. The van der Waals surface area contributed by atoms with Crippen LogP contribution in [0.1, 0.15) is 18.1 Å². The van der Waals surface area contributed by atoms with E-state index in [0.717, 1.165) is 0 Å². The molecule has 3 heterocycles. The maximum Gasteiger partial charge on any atom is 0.345 e. The molecule has 0 radical (unpaired) electrons. The van der Waals surface area contributed by atoms with E-state index in [4.69, 9.17) is 19.6 Å². The third-order valence-electron chi connectivity index (χ3n) is 5.43. The molecule has 9 heteroatoms. The summed E-state index contributed by atoms with van der Waals surface area (Å²) in [5, 5.41) is 3.20. The minimum atomic E-state index is -1.90. The Kier molecular flexibility index (Phi) is 4.19. The van der Waals surface area contributed by atoms with Gasteiger partial charge in [0.25, 0.3) is 0 Å². The predicted octanol–water partition coefficient (Wildman–Crippen LogP) is 2.92. The Morgan fingerprint density at radius 2 is 2.00 bits per heavy atom. The van der Waals surface area contributed by atoms with Gasteiger partial charge in [-0.2, -0.15) is 0 Å². The van der Waals surface area contributed by atoms with Crippen molar-refractivity contribution in [2.75, 3.05) is 11.9 Å². The number of carbonyl (C=O) groups excluding carboxylic acids is 2. The molecule has 5 rings (SSSR count). The number of amides is 1. The highest BCUT2D eigenvalue weighted by molar-refractivity contribution is 9.10. The Hall–Kier alpha value is -3.59. The number of hydrogen-bond acceptors (Lipinski definition) is 7. The summed E-state index contributed by atoms with van der Waals surface area (Å²) in [6.45, 7) is 1.66. The molecule has 2 aliphatic rings. The van der Waals surface area contributed by atoms with Crippen molar-refractivity contribution in [2.45, 2.75) is 12.3 Å². The number of anilines is 1. The molecule has 2 aromatic carbocycles. The second kappa shape index (κ2) is 6.71. The summed E-state index contributed by atoms with van der Waals surface area (Å²) in [5.74, 6) is -1.73. The molecule has 0 bridgehead atoms. The molecule has 1 amide bonds. The molecular formula is C22H15BrN2O6. The van der Waals surface area contributed by atoms with Crippen LogP contribution in [0.4, 0.5) is 5.69 Å². The van der Waals surface area contributed by atoms with Crippen LogP contribution in [0.5, 0.6) is 5.75 Å². The SMILES string of the molecule is CCOC(=O)C1=C(N)Oc2c(c(=O)oc3ccccc23)[C@@]12C(=O)Nc1ccc(Br)cc12. The second-order valence-electron chi connectivity index (χ2n) is 7.05. The minimum Gasteiger partial charge on any atom is -0.462 e. The van der Waals surface area contributed by atoms with Gasteiger partial charge in [0.05, 0.1) is 12.0 Å². The highest BCUT2D eigenvalue weighted by Crippen LogP contribution is 2.54. The lowest BCUT2D eigenvalue weighted by Gasteiger charge is -2.34. The number of esters is 1. The summed E-state index contributed by atoms with van der Waals surface area (Å²) in [6, 6.07) is 11.8. The average molecular weight is 483 g/mol. The fourth-order valence-corrected chi connectivity index (χ4v) is 4.61. The third kappa shape index (κ3) is 2.50. The molecule has 2 aliphatic heterocycles. The third-order valence-corrected chi connectivity index (χ3v) is 5.92. The quantitative estimate of drug-likeness (QED) is 0.425. The topological polar surface area (TPSA) is 121 Å². The normalized spacial score (nSPS) is 19.1. The van der Waals surface area contributed by atoms with E-state index in [1.54, 1.807) is 49.4 Å². The molecular weight excluding hydrogens is 468 g/mol. The summed E-state index contributed by atoms with van der Waals surface area (Å²) >= 11 is 3.40. The van der Waals surface area contributed by atoms with Crippen LogP contribution in [0.25, 0.3) is 11.0 Å². The molecule has 0 unspecified atom stereocenters. The van der Waals surface area contributed by atoms with Gasteiger partial charge in [-0.15, -0.1) is 0 Å². The van der Waals surface area contributed by atoms with Gasteiger partial charge in [-0.1, -0.05) is 28.1 Å². The average Bonchev–Trinajstić information content (AvgIpc) is 3.00. The fraction of sp³-hybridized carbons (Fsp3) is 0.136. The zero-order chi connectivity index (χ0) is 21.9. The Balaban J connectivity index is 1.98. The van der Waals surface area contributed by atoms with Crippen molar-refractivity contribution >= 4 is 44.5 Å². The Bertz CT molecular complexity index is 1390. The van der Waals surface area contributed by atoms with Gasteiger partial charge < -0.3 is 24.9 Å². The summed E-state index contributed by atoms with van der Waals surface area (Å²) in [6.07, 6.45) is 0. The van der Waals surface area contributed by atoms with Crippen LogP contribution in [0.2, 0.25) is 0 Å². The van der Waals surface area contributed by atoms with Crippen molar-refractivity contribution in [3.8, 4) is 5.75 Å². The number of nitrogens with two attached hydrogens (primary N) is 1. The first-order valence-electron chi connectivity index (χ1n) is 9.42. The van der Waals surface area contributed by atoms with Crippen molar-refractivity contribution in [3.63, 3.8) is 0 Å². The first-order valence-corrected chi connectivity index (χ1v) is 10.2. The Morgan fingerprint density at radius 3 is 2.77 bits per heavy atom. The van der Waals surface area contributed by atoms with Gasteiger partial charge in [0.15, 0.2) is 5.75 Å². The molecule has 31 heavy (non-hydrogen) atoms. The lowest BCUT2D eigenvalue weighted by atomic mass is 9.68. The molecule has 1 aromatic heterocycles. The van der Waals surface area contributed by atoms with Gasteiger partial charge in [-0.25, -0.2) is 9.59 Å². The second-order valence-corrected chi connectivity index (χ2v) is 7.96. The van der Waals surface area contributed by atoms with Crippen LogP contribution in [0, 0.1) is 0 Å². The molecule has 3 N–H and O–H groups in total. The number of fused-ring (bicyclic) bond motifs is 6. The smallest absolute Gasteiger partial charge is 0.345 e. The largest absolute Gasteiger partial charge is 0.462 e. The van der Waals surface area contributed by atoms with Crippen LogP contribution in [-0.2, 0) is 19.7 Å². The van der Waals surface area contributed by atoms with E-state index in [-0.39, 0.29) is 35.0 Å². The molecule has 156 valence electrons. The van der Waals surface area contributed by atoms with Crippen LogP contribution in [0.15, 0.2) is 67.6 Å². The summed E-state index contributed by atoms with van der Waals surface area (Å²) in [4.78, 5) is 39.9. The summed E-state index contributed by atoms with van der Waals surface area (Å²) in [7, 11) is 0.